The fraction of sp³-hybridized carbons (Fsp3) is 0.200. The predicted octanol–water partition coefficient (Wildman–Crippen LogP) is 6.06. The van der Waals surface area contributed by atoms with E-state index in [1.807, 2.05) is 42.5 Å². The number of hydrogen-bond donors (Lipinski definition) is 0. The molecule has 0 heterocycles. The zero-order valence-corrected chi connectivity index (χ0v) is 18.0. The van der Waals surface area contributed by atoms with Gasteiger partial charge in [0.15, 0.2) is 23.0 Å². The molecule has 3 aromatic rings. The van der Waals surface area contributed by atoms with Crippen molar-refractivity contribution in [2.45, 2.75) is 13.2 Å². The molecule has 0 amide bonds. The average molecular weight is 442 g/mol. The van der Waals surface area contributed by atoms with Crippen molar-refractivity contribution in [2.75, 3.05) is 21.3 Å². The van der Waals surface area contributed by atoms with Gasteiger partial charge in [0.25, 0.3) is 0 Å². The minimum Gasteiger partial charge on any atom is -0.493 e. The van der Waals surface area contributed by atoms with Crippen LogP contribution in [-0.4, -0.2) is 27.9 Å². The quantitative estimate of drug-likeness (QED) is 0.357. The lowest BCUT2D eigenvalue weighted by molar-refractivity contribution is -0.0516. The topological polar surface area (TPSA) is 46.2 Å². The van der Waals surface area contributed by atoms with E-state index in [1.165, 1.54) is 13.2 Å². The van der Waals surface area contributed by atoms with E-state index in [1.54, 1.807) is 38.5 Å². The van der Waals surface area contributed by atoms with Gasteiger partial charge in [-0.3, -0.25) is 0 Å². The highest BCUT2D eigenvalue weighted by molar-refractivity contribution is 5.73. The maximum absolute atomic E-state index is 12.8. The van der Waals surface area contributed by atoms with Crippen LogP contribution in [0.25, 0.3) is 12.2 Å². The van der Waals surface area contributed by atoms with E-state index in [2.05, 4.69) is 4.74 Å². The van der Waals surface area contributed by atoms with E-state index in [4.69, 9.17) is 18.9 Å². The zero-order chi connectivity index (χ0) is 22.9. The Morgan fingerprint density at radius 2 is 1.34 bits per heavy atom. The van der Waals surface area contributed by atoms with Crippen LogP contribution in [0.3, 0.4) is 0 Å². The van der Waals surface area contributed by atoms with E-state index < -0.39 is 6.61 Å². The summed E-state index contributed by atoms with van der Waals surface area (Å²) in [6, 6.07) is 17.8. The first-order valence-electron chi connectivity index (χ1n) is 9.77. The van der Waals surface area contributed by atoms with Crippen LogP contribution < -0.4 is 23.7 Å². The normalized spacial score (nSPS) is 10.9. The number of hydrogen-bond acceptors (Lipinski definition) is 5. The van der Waals surface area contributed by atoms with Gasteiger partial charge in [-0.1, -0.05) is 48.6 Å². The molecule has 0 aliphatic rings. The van der Waals surface area contributed by atoms with Crippen LogP contribution in [0.4, 0.5) is 8.78 Å². The predicted molar refractivity (Wildman–Crippen MR) is 119 cm³/mol. The molecule has 0 spiro atoms. The molecule has 32 heavy (non-hydrogen) atoms. The Kier molecular flexibility index (Phi) is 7.91. The second-order valence-electron chi connectivity index (χ2n) is 6.65. The Bertz CT molecular complexity index is 1030. The second-order valence-corrected chi connectivity index (χ2v) is 6.65. The summed E-state index contributed by atoms with van der Waals surface area (Å²) in [5.74, 6) is 1.75. The van der Waals surface area contributed by atoms with Crippen molar-refractivity contribution in [2.24, 2.45) is 0 Å². The summed E-state index contributed by atoms with van der Waals surface area (Å²) in [7, 11) is 4.63. The average Bonchev–Trinajstić information content (AvgIpc) is 2.82. The smallest absolute Gasteiger partial charge is 0.387 e. The maximum atomic E-state index is 12.8. The molecule has 0 atom stereocenters. The van der Waals surface area contributed by atoms with Gasteiger partial charge in [-0.2, -0.15) is 8.78 Å². The summed E-state index contributed by atoms with van der Waals surface area (Å²) in [5, 5.41) is 0. The fourth-order valence-corrected chi connectivity index (χ4v) is 3.06. The van der Waals surface area contributed by atoms with Crippen molar-refractivity contribution < 1.29 is 32.5 Å². The minimum atomic E-state index is -2.95. The molecule has 0 radical (unpaired) electrons. The van der Waals surface area contributed by atoms with Crippen LogP contribution in [0.1, 0.15) is 16.7 Å². The van der Waals surface area contributed by atoms with E-state index in [0.717, 1.165) is 16.7 Å². The molecule has 168 valence electrons. The number of alkyl halides is 2. The zero-order valence-electron chi connectivity index (χ0n) is 18.0. The Morgan fingerprint density at radius 1 is 0.719 bits per heavy atom. The first kappa shape index (κ1) is 22.9. The summed E-state index contributed by atoms with van der Waals surface area (Å²) in [4.78, 5) is 0. The van der Waals surface area contributed by atoms with Gasteiger partial charge in [-0.15, -0.1) is 0 Å². The monoisotopic (exact) mass is 442 g/mol. The highest BCUT2D eigenvalue weighted by Gasteiger charge is 2.13. The molecule has 0 unspecified atom stereocenters. The molecule has 3 rings (SSSR count). The molecule has 3 aromatic carbocycles. The summed E-state index contributed by atoms with van der Waals surface area (Å²) in [6.07, 6.45) is 3.66. The molecule has 0 aliphatic carbocycles. The Morgan fingerprint density at radius 3 is 1.94 bits per heavy atom. The van der Waals surface area contributed by atoms with Gasteiger partial charge in [0, 0.05) is 0 Å². The Balaban J connectivity index is 1.86. The number of benzene rings is 3. The van der Waals surface area contributed by atoms with E-state index in [0.29, 0.717) is 17.2 Å². The second kappa shape index (κ2) is 11.0. The van der Waals surface area contributed by atoms with Crippen molar-refractivity contribution >= 4 is 12.2 Å². The summed E-state index contributed by atoms with van der Waals surface area (Å²) < 4.78 is 52.1. The minimum absolute atomic E-state index is 0.0270. The van der Waals surface area contributed by atoms with E-state index in [9.17, 15) is 8.78 Å². The van der Waals surface area contributed by atoms with Crippen molar-refractivity contribution in [1.82, 2.24) is 0 Å². The molecule has 7 heteroatoms. The molecule has 0 bridgehead atoms. The molecule has 0 aliphatic heterocycles. The first-order valence-corrected chi connectivity index (χ1v) is 9.77. The highest BCUT2D eigenvalue weighted by atomic mass is 19.3. The summed E-state index contributed by atoms with van der Waals surface area (Å²) in [5.41, 5.74) is 2.46. The van der Waals surface area contributed by atoms with E-state index >= 15 is 0 Å². The van der Waals surface area contributed by atoms with Crippen LogP contribution in [0.2, 0.25) is 0 Å². The van der Waals surface area contributed by atoms with E-state index in [-0.39, 0.29) is 18.1 Å². The van der Waals surface area contributed by atoms with Gasteiger partial charge >= 0.3 is 6.61 Å². The maximum Gasteiger partial charge on any atom is 0.387 e. The lowest BCUT2D eigenvalue weighted by Crippen LogP contribution is -2.05. The summed E-state index contributed by atoms with van der Waals surface area (Å²) >= 11 is 0. The molecule has 0 aromatic heterocycles. The third-order valence-electron chi connectivity index (χ3n) is 4.58. The number of methoxy groups -OCH3 is 3. The van der Waals surface area contributed by atoms with Gasteiger partial charge in [0.2, 0.25) is 5.75 Å². The van der Waals surface area contributed by atoms with Crippen molar-refractivity contribution in [1.29, 1.82) is 0 Å². The largest absolute Gasteiger partial charge is 0.493 e. The molecule has 0 saturated heterocycles. The molecular weight excluding hydrogens is 418 g/mol. The van der Waals surface area contributed by atoms with Crippen LogP contribution in [0.15, 0.2) is 60.7 Å². The first-order chi connectivity index (χ1) is 15.5. The fourth-order valence-electron chi connectivity index (χ4n) is 3.06. The van der Waals surface area contributed by atoms with Gasteiger partial charge in [-0.05, 0) is 41.0 Å². The van der Waals surface area contributed by atoms with Crippen LogP contribution in [0.5, 0.6) is 28.7 Å². The van der Waals surface area contributed by atoms with Gasteiger partial charge < -0.3 is 23.7 Å². The lowest BCUT2D eigenvalue weighted by Gasteiger charge is -2.13. The Hall–Kier alpha value is -3.74. The third kappa shape index (κ3) is 5.91. The van der Waals surface area contributed by atoms with Crippen LogP contribution in [-0.2, 0) is 6.61 Å². The van der Waals surface area contributed by atoms with Crippen molar-refractivity contribution in [3.63, 3.8) is 0 Å². The molecule has 0 fully saturated rings. The molecule has 0 saturated carbocycles. The molecule has 5 nitrogen and oxygen atoms in total. The van der Waals surface area contributed by atoms with Gasteiger partial charge in [0.1, 0.15) is 6.61 Å². The number of halogens is 2. The number of ether oxygens (including phenoxy) is 5. The standard InChI is InChI=1S/C25H24F2O5/c1-28-22-14-19(15-23(29-2)24(22)30-3)10-9-17-11-12-20(32-25(26)27)21(13-17)31-16-18-7-5-4-6-8-18/h4-15,25H,16H2,1-3H3. The molecule has 0 N–H and O–H groups in total. The SMILES string of the molecule is COc1cc(C=Cc2ccc(OC(F)F)c(OCc3ccccc3)c2)cc(OC)c1OC. The van der Waals surface area contributed by atoms with Gasteiger partial charge in [0.05, 0.1) is 21.3 Å². The van der Waals surface area contributed by atoms with Gasteiger partial charge in [-0.25, -0.2) is 0 Å². The third-order valence-corrected chi connectivity index (χ3v) is 4.58. The lowest BCUT2D eigenvalue weighted by atomic mass is 10.1. The van der Waals surface area contributed by atoms with Crippen LogP contribution >= 0.6 is 0 Å². The van der Waals surface area contributed by atoms with Crippen molar-refractivity contribution in [3.8, 4) is 28.7 Å². The van der Waals surface area contributed by atoms with Crippen molar-refractivity contribution in [3.05, 3.63) is 77.4 Å². The van der Waals surface area contributed by atoms with Crippen LogP contribution in [0, 0.1) is 0 Å². The molecular formula is C25H24F2O5. The highest BCUT2D eigenvalue weighted by Crippen LogP contribution is 2.39. The Labute approximate surface area is 185 Å². The number of rotatable bonds is 10. The summed E-state index contributed by atoms with van der Waals surface area (Å²) in [6.45, 7) is -2.73.